The highest BCUT2D eigenvalue weighted by Gasteiger charge is 2.07. The van der Waals surface area contributed by atoms with E-state index in [2.05, 4.69) is 30.9 Å². The molecule has 0 bridgehead atoms. The average molecular weight is 234 g/mol. The number of hydrogen-bond acceptors (Lipinski definition) is 4. The minimum absolute atomic E-state index is 0.206. The second-order valence-corrected chi connectivity index (χ2v) is 3.73. The van der Waals surface area contributed by atoms with Crippen LogP contribution in [0.3, 0.4) is 0 Å². The summed E-state index contributed by atoms with van der Waals surface area (Å²) in [4.78, 5) is 11.5. The first-order valence-corrected chi connectivity index (χ1v) is 5.40. The lowest BCUT2D eigenvalue weighted by Gasteiger charge is -2.02. The number of nitrogens with one attached hydrogen (secondary N) is 3. The van der Waals surface area contributed by atoms with E-state index in [1.54, 1.807) is 0 Å². The van der Waals surface area contributed by atoms with Gasteiger partial charge in [0.2, 0.25) is 0 Å². The Balaban J connectivity index is 1.70. The summed E-state index contributed by atoms with van der Waals surface area (Å²) in [6, 6.07) is 0. The molecule has 2 aromatic heterocycles. The topological polar surface area (TPSA) is 99.4 Å². The molecule has 0 aromatic carbocycles. The fraction of sp³-hybridized carbons (Fsp3) is 0.400. The van der Waals surface area contributed by atoms with E-state index in [0.29, 0.717) is 12.2 Å². The van der Waals surface area contributed by atoms with Crippen LogP contribution in [0.15, 0.2) is 12.4 Å². The van der Waals surface area contributed by atoms with Gasteiger partial charge in [-0.3, -0.25) is 9.89 Å². The van der Waals surface area contributed by atoms with Crippen molar-refractivity contribution in [3.8, 4) is 0 Å². The Bertz CT molecular complexity index is 475. The summed E-state index contributed by atoms with van der Waals surface area (Å²) in [6.45, 7) is 2.59. The van der Waals surface area contributed by atoms with Crippen LogP contribution in [0.25, 0.3) is 0 Å². The first-order valence-electron chi connectivity index (χ1n) is 5.40. The molecule has 3 N–H and O–H groups in total. The maximum absolute atomic E-state index is 11.5. The summed E-state index contributed by atoms with van der Waals surface area (Å²) in [6.07, 6.45) is 4.97. The van der Waals surface area contributed by atoms with Crippen LogP contribution < -0.4 is 5.32 Å². The molecule has 0 saturated heterocycles. The molecule has 17 heavy (non-hydrogen) atoms. The summed E-state index contributed by atoms with van der Waals surface area (Å²) < 4.78 is 0. The normalized spacial score (nSPS) is 10.4. The molecule has 90 valence electrons. The maximum Gasteiger partial charge on any atom is 0.273 e. The minimum atomic E-state index is -0.206. The summed E-state index contributed by atoms with van der Waals surface area (Å²) >= 11 is 0. The molecule has 7 nitrogen and oxygen atoms in total. The molecule has 0 aliphatic carbocycles. The van der Waals surface area contributed by atoms with Crippen LogP contribution in [-0.2, 0) is 6.42 Å². The highest BCUT2D eigenvalue weighted by atomic mass is 16.1. The van der Waals surface area contributed by atoms with Gasteiger partial charge in [0.25, 0.3) is 5.91 Å². The highest BCUT2D eigenvalue weighted by molar-refractivity contribution is 5.91. The second kappa shape index (κ2) is 5.24. The predicted octanol–water partition coefficient (Wildman–Crippen LogP) is 0.199. The zero-order valence-corrected chi connectivity index (χ0v) is 9.53. The Morgan fingerprint density at radius 2 is 2.29 bits per heavy atom. The van der Waals surface area contributed by atoms with Crippen LogP contribution in [0.4, 0.5) is 0 Å². The number of aromatic nitrogens is 5. The average Bonchev–Trinajstić information content (AvgIpc) is 2.96. The Morgan fingerprint density at radius 1 is 1.41 bits per heavy atom. The lowest BCUT2D eigenvalue weighted by atomic mass is 10.1. The van der Waals surface area contributed by atoms with Crippen LogP contribution in [0.2, 0.25) is 0 Å². The smallest absolute Gasteiger partial charge is 0.273 e. The van der Waals surface area contributed by atoms with Gasteiger partial charge in [-0.1, -0.05) is 0 Å². The van der Waals surface area contributed by atoms with Crippen LogP contribution in [-0.4, -0.2) is 38.1 Å². The number of rotatable bonds is 5. The van der Waals surface area contributed by atoms with Crippen molar-refractivity contribution >= 4 is 5.91 Å². The van der Waals surface area contributed by atoms with Gasteiger partial charge in [0.1, 0.15) is 0 Å². The molecule has 1 amide bonds. The molecule has 0 fully saturated rings. The molecule has 2 heterocycles. The third kappa shape index (κ3) is 2.90. The SMILES string of the molecule is Cc1[nH]ncc1CCCNC(=O)c1cn[nH]n1. The molecule has 0 atom stereocenters. The lowest BCUT2D eigenvalue weighted by Crippen LogP contribution is -2.25. The quantitative estimate of drug-likeness (QED) is 0.643. The number of amides is 1. The van der Waals surface area contributed by atoms with Crippen LogP contribution in [0.5, 0.6) is 0 Å². The first kappa shape index (κ1) is 11.3. The number of aryl methyl sites for hydroxylation is 2. The van der Waals surface area contributed by atoms with Gasteiger partial charge in [-0.25, -0.2) is 0 Å². The molecule has 2 aromatic rings. The third-order valence-electron chi connectivity index (χ3n) is 2.49. The molecule has 7 heteroatoms. The Morgan fingerprint density at radius 3 is 2.94 bits per heavy atom. The van der Waals surface area contributed by atoms with Crippen molar-refractivity contribution in [2.45, 2.75) is 19.8 Å². The zero-order valence-electron chi connectivity index (χ0n) is 9.53. The van der Waals surface area contributed by atoms with E-state index in [1.165, 1.54) is 11.8 Å². The van der Waals surface area contributed by atoms with Crippen molar-refractivity contribution in [2.75, 3.05) is 6.54 Å². The van der Waals surface area contributed by atoms with Crippen LogP contribution in [0.1, 0.15) is 28.2 Å². The van der Waals surface area contributed by atoms with Gasteiger partial charge >= 0.3 is 0 Å². The molecule has 2 rings (SSSR count). The lowest BCUT2D eigenvalue weighted by molar-refractivity contribution is 0.0948. The summed E-state index contributed by atoms with van der Waals surface area (Å²) in [7, 11) is 0. The van der Waals surface area contributed by atoms with Crippen LogP contribution in [0, 0.1) is 6.92 Å². The molecule has 0 aliphatic rings. The molecule has 0 aliphatic heterocycles. The zero-order chi connectivity index (χ0) is 12.1. The van der Waals surface area contributed by atoms with Gasteiger partial charge in [0.05, 0.1) is 12.4 Å². The van der Waals surface area contributed by atoms with Gasteiger partial charge < -0.3 is 5.32 Å². The van der Waals surface area contributed by atoms with E-state index < -0.39 is 0 Å². The van der Waals surface area contributed by atoms with E-state index in [1.807, 2.05) is 13.1 Å². The van der Waals surface area contributed by atoms with Gasteiger partial charge in [0.15, 0.2) is 5.69 Å². The van der Waals surface area contributed by atoms with Crippen molar-refractivity contribution in [3.63, 3.8) is 0 Å². The molecule has 0 saturated carbocycles. The monoisotopic (exact) mass is 234 g/mol. The molecule has 0 spiro atoms. The number of nitrogens with zero attached hydrogens (tertiary/aromatic N) is 3. The van der Waals surface area contributed by atoms with Gasteiger partial charge in [-0.05, 0) is 25.3 Å². The number of aromatic amines is 2. The van der Waals surface area contributed by atoms with Crippen LogP contribution >= 0.6 is 0 Å². The fourth-order valence-corrected chi connectivity index (χ4v) is 1.51. The Kier molecular flexibility index (Phi) is 3.49. The van der Waals surface area contributed by atoms with Crippen molar-refractivity contribution in [2.24, 2.45) is 0 Å². The third-order valence-corrected chi connectivity index (χ3v) is 2.49. The largest absolute Gasteiger partial charge is 0.351 e. The molecular formula is C10H14N6O. The predicted molar refractivity (Wildman–Crippen MR) is 60.4 cm³/mol. The Hall–Kier alpha value is -2.18. The highest BCUT2D eigenvalue weighted by Crippen LogP contribution is 2.05. The molecule has 0 unspecified atom stereocenters. The summed E-state index contributed by atoms with van der Waals surface area (Å²) in [5.74, 6) is -0.206. The van der Waals surface area contributed by atoms with Crippen molar-refractivity contribution in [1.82, 2.24) is 30.9 Å². The van der Waals surface area contributed by atoms with E-state index >= 15 is 0 Å². The van der Waals surface area contributed by atoms with Gasteiger partial charge in [-0.2, -0.15) is 20.5 Å². The van der Waals surface area contributed by atoms with Gasteiger partial charge in [-0.15, -0.1) is 0 Å². The van der Waals surface area contributed by atoms with E-state index in [0.717, 1.165) is 18.5 Å². The van der Waals surface area contributed by atoms with E-state index in [9.17, 15) is 4.79 Å². The number of H-pyrrole nitrogens is 2. The van der Waals surface area contributed by atoms with E-state index in [4.69, 9.17) is 0 Å². The first-order chi connectivity index (χ1) is 8.27. The number of carbonyl (C=O) groups is 1. The standard InChI is InChI=1S/C10H14N6O/c1-7-8(5-12-14-7)3-2-4-11-10(17)9-6-13-16-15-9/h5-6H,2-4H2,1H3,(H,11,17)(H,12,14)(H,13,15,16). The second-order valence-electron chi connectivity index (χ2n) is 3.73. The summed E-state index contributed by atoms with van der Waals surface area (Å²) in [5, 5.41) is 19.3. The summed E-state index contributed by atoms with van der Waals surface area (Å²) in [5.41, 5.74) is 2.57. The Labute approximate surface area is 98.0 Å². The van der Waals surface area contributed by atoms with Gasteiger partial charge in [0, 0.05) is 12.2 Å². The van der Waals surface area contributed by atoms with E-state index in [-0.39, 0.29) is 5.91 Å². The minimum Gasteiger partial charge on any atom is -0.351 e. The van der Waals surface area contributed by atoms with Crippen molar-refractivity contribution in [3.05, 3.63) is 29.3 Å². The van der Waals surface area contributed by atoms with Crippen molar-refractivity contribution < 1.29 is 4.79 Å². The number of carbonyl (C=O) groups excluding carboxylic acids is 1. The molecular weight excluding hydrogens is 220 g/mol. The fourth-order valence-electron chi connectivity index (χ4n) is 1.51. The van der Waals surface area contributed by atoms with Crippen molar-refractivity contribution in [1.29, 1.82) is 0 Å². The maximum atomic E-state index is 11.5. The number of hydrogen-bond donors (Lipinski definition) is 3. The molecule has 0 radical (unpaired) electrons.